The molecule has 1 aliphatic rings. The van der Waals surface area contributed by atoms with Crippen molar-refractivity contribution < 1.29 is 36.2 Å². The first kappa shape index (κ1) is 39.0. The number of halogens is 3. The van der Waals surface area contributed by atoms with E-state index in [1.165, 1.54) is 13.2 Å². The molecule has 1 aliphatic heterocycles. The Balaban J connectivity index is 0.00000159. The Hall–Kier alpha value is -4.04. The largest absolute Gasteiger partial charge is 0.495 e. The molecule has 0 saturated carbocycles. The molecule has 0 aliphatic carbocycles. The number of anilines is 1. The minimum absolute atomic E-state index is 0.0406. The fourth-order valence-corrected chi connectivity index (χ4v) is 4.90. The molecule has 3 N–H and O–H groups in total. The summed E-state index contributed by atoms with van der Waals surface area (Å²) in [6.45, 7) is 14.4. The minimum atomic E-state index is -3.14. The molecule has 1 aromatic heterocycles. The van der Waals surface area contributed by atoms with Crippen LogP contribution in [0.5, 0.6) is 11.5 Å². The Bertz CT molecular complexity index is 1450. The number of methoxy groups -OCH3 is 1. The van der Waals surface area contributed by atoms with Crippen molar-refractivity contribution in [3.05, 3.63) is 65.6 Å². The van der Waals surface area contributed by atoms with Crippen molar-refractivity contribution in [2.45, 2.75) is 72.9 Å². The van der Waals surface area contributed by atoms with Gasteiger partial charge in [0.1, 0.15) is 21.8 Å². The fourth-order valence-electron chi connectivity index (χ4n) is 3.88. The van der Waals surface area contributed by atoms with Crippen LogP contribution in [0.2, 0.25) is 0 Å². The van der Waals surface area contributed by atoms with Gasteiger partial charge in [0.2, 0.25) is 0 Å². The maximum atomic E-state index is 13.3. The third kappa shape index (κ3) is 11.1. The topological polar surface area (TPSA) is 118 Å². The standard InChI is InChI=1S/C25H26F3N5O5S.3C2H6/c1-4-15-5-6-18(36-3)21(9-15)39(35)32-23-22-19(37-25(27)28)7-16(8-20(22)38-31-23)12-33-13-17(11-30-33)10-29-24(34)14(2)26;3*1-2/h5-9,13,25,30H,2,4,10-12H2,1,3H3,(H,29,34)(H,31,32);3*1-2H3. The van der Waals surface area contributed by atoms with E-state index >= 15 is 0 Å². The SMILES string of the molecule is C=C(F)C(=O)NCC1=CN(Cc2cc(OC(F)F)c3c(NS(=O)c4cc(CC)ccc4OC)noc3c2)NC1.CC.CC.CC. The second-order valence-electron chi connectivity index (χ2n) is 8.42. The van der Waals surface area contributed by atoms with Crippen LogP contribution >= 0.6 is 0 Å². The van der Waals surface area contributed by atoms with E-state index in [-0.39, 0.29) is 35.6 Å². The molecular weight excluding hydrogens is 611 g/mol. The molecule has 0 radical (unpaired) electrons. The molecule has 4 rings (SSSR count). The molecule has 45 heavy (non-hydrogen) atoms. The maximum Gasteiger partial charge on any atom is 0.387 e. The lowest BCUT2D eigenvalue weighted by molar-refractivity contribution is -0.118. The molecule has 2 heterocycles. The molecule has 2 aromatic carbocycles. The number of benzene rings is 2. The van der Waals surface area contributed by atoms with Crippen LogP contribution in [-0.4, -0.2) is 47.1 Å². The second-order valence-corrected chi connectivity index (χ2v) is 9.61. The zero-order chi connectivity index (χ0) is 34.1. The average Bonchev–Trinajstić information content (AvgIpc) is 3.68. The summed E-state index contributed by atoms with van der Waals surface area (Å²) >= 11 is 0. The lowest BCUT2D eigenvalue weighted by Gasteiger charge is -2.17. The number of amides is 1. The van der Waals surface area contributed by atoms with Crippen LogP contribution in [0.1, 0.15) is 59.6 Å². The van der Waals surface area contributed by atoms with Gasteiger partial charge in [-0.05, 0) is 47.4 Å². The number of aryl methyl sites for hydroxylation is 1. The highest BCUT2D eigenvalue weighted by Gasteiger charge is 2.22. The number of carbonyl (C=O) groups is 1. The van der Waals surface area contributed by atoms with Gasteiger partial charge in [-0.2, -0.15) is 8.78 Å². The highest BCUT2D eigenvalue weighted by atomic mass is 32.2. The zero-order valence-corrected chi connectivity index (χ0v) is 27.9. The number of aromatic nitrogens is 1. The number of fused-ring (bicyclic) bond motifs is 1. The fraction of sp³-hybridized carbons (Fsp3) is 0.419. The summed E-state index contributed by atoms with van der Waals surface area (Å²) in [5.41, 5.74) is 5.41. The summed E-state index contributed by atoms with van der Waals surface area (Å²) in [4.78, 5) is 11.7. The predicted molar refractivity (Wildman–Crippen MR) is 172 cm³/mol. The van der Waals surface area contributed by atoms with Crippen LogP contribution in [-0.2, 0) is 28.7 Å². The predicted octanol–water partition coefficient (Wildman–Crippen LogP) is 7.02. The Morgan fingerprint density at radius 2 is 1.82 bits per heavy atom. The van der Waals surface area contributed by atoms with E-state index < -0.39 is 29.3 Å². The van der Waals surface area contributed by atoms with Crippen LogP contribution < -0.4 is 24.9 Å². The summed E-state index contributed by atoms with van der Waals surface area (Å²) in [6.07, 6.45) is 2.41. The summed E-state index contributed by atoms with van der Waals surface area (Å²) < 4.78 is 70.8. The third-order valence-electron chi connectivity index (χ3n) is 5.76. The van der Waals surface area contributed by atoms with Crippen molar-refractivity contribution in [3.8, 4) is 11.5 Å². The van der Waals surface area contributed by atoms with Gasteiger partial charge in [0.15, 0.2) is 28.2 Å². The molecule has 1 amide bonds. The Labute approximate surface area is 265 Å². The van der Waals surface area contributed by atoms with Gasteiger partial charge in [0.25, 0.3) is 5.91 Å². The lowest BCUT2D eigenvalue weighted by Crippen LogP contribution is -2.29. The van der Waals surface area contributed by atoms with Crippen molar-refractivity contribution in [2.75, 3.05) is 24.9 Å². The van der Waals surface area contributed by atoms with Crippen LogP contribution in [0.15, 0.2) is 63.9 Å². The average molecular weight is 656 g/mol. The summed E-state index contributed by atoms with van der Waals surface area (Å²) in [5, 5.41) is 8.05. The van der Waals surface area contributed by atoms with E-state index in [0.717, 1.165) is 11.1 Å². The number of nitrogens with zero attached hydrogens (tertiary/aromatic N) is 2. The van der Waals surface area contributed by atoms with E-state index in [4.69, 9.17) is 14.0 Å². The van der Waals surface area contributed by atoms with Gasteiger partial charge in [0, 0.05) is 19.3 Å². The molecule has 1 unspecified atom stereocenters. The van der Waals surface area contributed by atoms with Crippen LogP contribution in [0.4, 0.5) is 19.0 Å². The molecule has 0 bridgehead atoms. The van der Waals surface area contributed by atoms with E-state index in [1.54, 1.807) is 29.4 Å². The third-order valence-corrected chi connectivity index (χ3v) is 6.86. The quantitative estimate of drug-likeness (QED) is 0.178. The second kappa shape index (κ2) is 20.1. The number of rotatable bonds is 12. The highest BCUT2D eigenvalue weighted by Crippen LogP contribution is 2.36. The van der Waals surface area contributed by atoms with Crippen LogP contribution in [0, 0.1) is 0 Å². The van der Waals surface area contributed by atoms with E-state index in [0.29, 0.717) is 29.2 Å². The Morgan fingerprint density at radius 3 is 2.42 bits per heavy atom. The molecule has 10 nitrogen and oxygen atoms in total. The number of hydrazine groups is 1. The van der Waals surface area contributed by atoms with Crippen molar-refractivity contribution >= 4 is 33.7 Å². The number of hydrogen-bond acceptors (Lipinski definition) is 8. The van der Waals surface area contributed by atoms with Crippen molar-refractivity contribution in [1.82, 2.24) is 20.9 Å². The summed E-state index contributed by atoms with van der Waals surface area (Å²) in [7, 11) is -0.408. The molecule has 0 fully saturated rings. The molecular formula is C31H44F3N5O5S. The summed E-state index contributed by atoms with van der Waals surface area (Å²) in [5.74, 6) is -1.86. The number of alkyl halides is 2. The normalized spacial score (nSPS) is 12.4. The van der Waals surface area contributed by atoms with Crippen LogP contribution in [0.3, 0.4) is 0 Å². The molecule has 250 valence electrons. The number of ether oxygens (including phenoxy) is 2. The molecule has 0 saturated heterocycles. The number of nitrogens with one attached hydrogen (secondary N) is 3. The zero-order valence-electron chi connectivity index (χ0n) is 27.1. The Morgan fingerprint density at radius 1 is 1.13 bits per heavy atom. The van der Waals surface area contributed by atoms with Gasteiger partial charge in [-0.1, -0.05) is 66.3 Å². The molecule has 14 heteroatoms. The maximum absolute atomic E-state index is 13.3. The monoisotopic (exact) mass is 655 g/mol. The van der Waals surface area contributed by atoms with Crippen LogP contribution in [0.25, 0.3) is 11.0 Å². The van der Waals surface area contributed by atoms with Crippen molar-refractivity contribution in [1.29, 1.82) is 0 Å². The highest BCUT2D eigenvalue weighted by molar-refractivity contribution is 7.86. The van der Waals surface area contributed by atoms with Crippen molar-refractivity contribution in [2.24, 2.45) is 0 Å². The van der Waals surface area contributed by atoms with E-state index in [9.17, 15) is 22.2 Å². The first-order valence-electron chi connectivity index (χ1n) is 14.7. The first-order chi connectivity index (χ1) is 21.7. The molecule has 3 aromatic rings. The lowest BCUT2D eigenvalue weighted by atomic mass is 10.1. The van der Waals surface area contributed by atoms with Gasteiger partial charge >= 0.3 is 6.61 Å². The first-order valence-corrected chi connectivity index (χ1v) is 15.9. The van der Waals surface area contributed by atoms with Gasteiger partial charge < -0.3 is 24.3 Å². The molecule has 1 atom stereocenters. The van der Waals surface area contributed by atoms with Gasteiger partial charge in [-0.3, -0.25) is 9.52 Å². The van der Waals surface area contributed by atoms with Crippen molar-refractivity contribution in [3.63, 3.8) is 0 Å². The number of carbonyl (C=O) groups excluding carboxylic acids is 1. The summed E-state index contributed by atoms with van der Waals surface area (Å²) in [6, 6.07) is 8.27. The van der Waals surface area contributed by atoms with Gasteiger partial charge in [-0.25, -0.2) is 14.0 Å². The minimum Gasteiger partial charge on any atom is -0.495 e. The van der Waals surface area contributed by atoms with E-state index in [1.807, 2.05) is 54.5 Å². The smallest absolute Gasteiger partial charge is 0.387 e. The van der Waals surface area contributed by atoms with Gasteiger partial charge in [0.05, 0.1) is 13.7 Å². The van der Waals surface area contributed by atoms with Gasteiger partial charge in [-0.15, -0.1) is 0 Å². The van der Waals surface area contributed by atoms with E-state index in [2.05, 4.69) is 27.2 Å². The number of hydrogen-bond donors (Lipinski definition) is 3. The molecule has 0 spiro atoms. The Kier molecular flexibility index (Phi) is 17.4.